The smallest absolute Gasteiger partial charge is 0.320 e. The lowest BCUT2D eigenvalue weighted by molar-refractivity contribution is -0.144. The zero-order valence-electron chi connectivity index (χ0n) is 12.3. The van der Waals surface area contributed by atoms with Crippen LogP contribution in [0.2, 0.25) is 0 Å². The molecule has 5 heteroatoms. The van der Waals surface area contributed by atoms with Gasteiger partial charge in [0.1, 0.15) is 5.65 Å². The molecule has 0 fully saturated rings. The van der Waals surface area contributed by atoms with E-state index in [0.29, 0.717) is 19.7 Å². The highest BCUT2D eigenvalue weighted by Crippen LogP contribution is 2.09. The molecule has 0 bridgehead atoms. The van der Waals surface area contributed by atoms with Crippen molar-refractivity contribution in [3.05, 3.63) is 35.8 Å². The van der Waals surface area contributed by atoms with Crippen molar-refractivity contribution >= 4 is 11.6 Å². The van der Waals surface area contributed by atoms with E-state index in [1.807, 2.05) is 47.7 Å². The van der Waals surface area contributed by atoms with Gasteiger partial charge in [-0.2, -0.15) is 0 Å². The fourth-order valence-electron chi connectivity index (χ4n) is 2.13. The molecule has 0 aliphatic carbocycles. The highest BCUT2D eigenvalue weighted by Gasteiger charge is 2.12. The van der Waals surface area contributed by atoms with Crippen LogP contribution in [0.3, 0.4) is 0 Å². The maximum Gasteiger partial charge on any atom is 0.320 e. The van der Waals surface area contributed by atoms with Crippen LogP contribution in [0.1, 0.15) is 25.1 Å². The lowest BCUT2D eigenvalue weighted by Gasteiger charge is -2.17. The molecule has 5 nitrogen and oxygen atoms in total. The number of aromatic nitrogens is 2. The van der Waals surface area contributed by atoms with Gasteiger partial charge in [-0.1, -0.05) is 13.0 Å². The lowest BCUT2D eigenvalue weighted by Crippen LogP contribution is -2.30. The van der Waals surface area contributed by atoms with Crippen LogP contribution in [0.4, 0.5) is 0 Å². The number of pyridine rings is 1. The number of rotatable bonds is 6. The van der Waals surface area contributed by atoms with E-state index in [1.54, 1.807) is 0 Å². The molecule has 0 saturated carbocycles. The topological polar surface area (TPSA) is 46.8 Å². The first-order valence-electron chi connectivity index (χ1n) is 6.94. The van der Waals surface area contributed by atoms with Crippen molar-refractivity contribution in [3.63, 3.8) is 0 Å². The van der Waals surface area contributed by atoms with Crippen molar-refractivity contribution in [2.45, 2.75) is 27.3 Å². The molecule has 0 N–H and O–H groups in total. The number of aryl methyl sites for hydroxylation is 1. The average Bonchev–Trinajstić information content (AvgIpc) is 2.79. The Bertz CT molecular complexity index is 592. The Morgan fingerprint density at radius 3 is 2.85 bits per heavy atom. The van der Waals surface area contributed by atoms with Gasteiger partial charge in [-0.15, -0.1) is 0 Å². The second kappa shape index (κ2) is 6.52. The Morgan fingerprint density at radius 1 is 1.35 bits per heavy atom. The molecule has 2 heterocycles. The number of carbonyl (C=O) groups excluding carboxylic acids is 1. The van der Waals surface area contributed by atoms with Gasteiger partial charge in [0, 0.05) is 18.9 Å². The van der Waals surface area contributed by atoms with Gasteiger partial charge in [0.05, 0.1) is 18.8 Å². The van der Waals surface area contributed by atoms with Crippen molar-refractivity contribution in [1.82, 2.24) is 14.3 Å². The Kier molecular flexibility index (Phi) is 4.74. The first-order valence-corrected chi connectivity index (χ1v) is 6.94. The lowest BCUT2D eigenvalue weighted by atomic mass is 10.3. The maximum atomic E-state index is 11.5. The number of imidazole rings is 1. The molecule has 0 aliphatic heterocycles. The number of hydrogen-bond donors (Lipinski definition) is 0. The van der Waals surface area contributed by atoms with E-state index >= 15 is 0 Å². The second-order valence-electron chi connectivity index (χ2n) is 4.81. The molecule has 0 aliphatic rings. The second-order valence-corrected chi connectivity index (χ2v) is 4.81. The van der Waals surface area contributed by atoms with Gasteiger partial charge in [-0.05, 0) is 32.0 Å². The molecule has 0 saturated heterocycles. The standard InChI is InChI=1S/C15H21N3O2/c1-4-17(11-15(19)20-5-2)9-13-10-18-8-12(3)6-7-14(18)16-13/h6-8,10H,4-5,9,11H2,1-3H3. The predicted molar refractivity (Wildman–Crippen MR) is 77.5 cm³/mol. The van der Waals surface area contributed by atoms with E-state index < -0.39 is 0 Å². The minimum Gasteiger partial charge on any atom is -0.465 e. The van der Waals surface area contributed by atoms with E-state index in [4.69, 9.17) is 4.74 Å². The summed E-state index contributed by atoms with van der Waals surface area (Å²) in [5.41, 5.74) is 3.08. The summed E-state index contributed by atoms with van der Waals surface area (Å²) >= 11 is 0. The molecular weight excluding hydrogens is 254 g/mol. The molecule has 20 heavy (non-hydrogen) atoms. The van der Waals surface area contributed by atoms with Gasteiger partial charge in [-0.3, -0.25) is 9.69 Å². The Hall–Kier alpha value is -1.88. The van der Waals surface area contributed by atoms with Gasteiger partial charge in [0.15, 0.2) is 0 Å². The third kappa shape index (κ3) is 3.57. The van der Waals surface area contributed by atoms with Crippen LogP contribution in [0.25, 0.3) is 5.65 Å². The van der Waals surface area contributed by atoms with Crippen LogP contribution >= 0.6 is 0 Å². The summed E-state index contributed by atoms with van der Waals surface area (Å²) < 4.78 is 7.00. The van der Waals surface area contributed by atoms with Crippen LogP contribution in [-0.4, -0.2) is 40.0 Å². The minimum atomic E-state index is -0.186. The molecule has 0 aromatic carbocycles. The van der Waals surface area contributed by atoms with Gasteiger partial charge in [0.2, 0.25) is 0 Å². The van der Waals surface area contributed by atoms with Gasteiger partial charge >= 0.3 is 5.97 Å². The third-order valence-corrected chi connectivity index (χ3v) is 3.14. The third-order valence-electron chi connectivity index (χ3n) is 3.14. The van der Waals surface area contributed by atoms with Crippen LogP contribution in [0.5, 0.6) is 0 Å². The van der Waals surface area contributed by atoms with E-state index in [0.717, 1.165) is 17.9 Å². The number of carbonyl (C=O) groups is 1. The summed E-state index contributed by atoms with van der Waals surface area (Å²) in [5, 5.41) is 0. The number of likely N-dealkylation sites (N-methyl/N-ethyl adjacent to an activating group) is 1. The molecule has 108 valence electrons. The van der Waals surface area contributed by atoms with Gasteiger partial charge in [0.25, 0.3) is 0 Å². The summed E-state index contributed by atoms with van der Waals surface area (Å²) in [4.78, 5) is 18.1. The van der Waals surface area contributed by atoms with Crippen LogP contribution in [0.15, 0.2) is 24.5 Å². The van der Waals surface area contributed by atoms with Crippen molar-refractivity contribution in [1.29, 1.82) is 0 Å². The summed E-state index contributed by atoms with van der Waals surface area (Å²) in [5.74, 6) is -0.186. The summed E-state index contributed by atoms with van der Waals surface area (Å²) in [6.45, 7) is 8.05. The first-order chi connectivity index (χ1) is 9.62. The van der Waals surface area contributed by atoms with Crippen molar-refractivity contribution in [2.75, 3.05) is 19.7 Å². The van der Waals surface area contributed by atoms with Gasteiger partial charge in [-0.25, -0.2) is 4.98 Å². The highest BCUT2D eigenvalue weighted by molar-refractivity contribution is 5.71. The molecular formula is C15H21N3O2. The Labute approximate surface area is 119 Å². The molecule has 0 spiro atoms. The van der Waals surface area contributed by atoms with Crippen LogP contribution < -0.4 is 0 Å². The van der Waals surface area contributed by atoms with Crippen LogP contribution in [0, 0.1) is 6.92 Å². The fraction of sp³-hybridized carbons (Fsp3) is 0.467. The number of fused-ring (bicyclic) bond motifs is 1. The zero-order chi connectivity index (χ0) is 14.5. The average molecular weight is 275 g/mol. The number of nitrogens with zero attached hydrogens (tertiary/aromatic N) is 3. The molecule has 0 radical (unpaired) electrons. The van der Waals surface area contributed by atoms with E-state index in [1.165, 1.54) is 5.56 Å². The molecule has 2 aromatic heterocycles. The van der Waals surface area contributed by atoms with Crippen LogP contribution in [-0.2, 0) is 16.1 Å². The summed E-state index contributed by atoms with van der Waals surface area (Å²) in [7, 11) is 0. The maximum absolute atomic E-state index is 11.5. The fourth-order valence-corrected chi connectivity index (χ4v) is 2.13. The molecule has 0 unspecified atom stereocenters. The normalized spacial score (nSPS) is 11.2. The quantitative estimate of drug-likeness (QED) is 0.757. The first kappa shape index (κ1) is 14.5. The molecule has 0 atom stereocenters. The van der Waals surface area contributed by atoms with E-state index in [2.05, 4.69) is 11.9 Å². The van der Waals surface area contributed by atoms with E-state index in [-0.39, 0.29) is 5.97 Å². The Morgan fingerprint density at radius 2 is 2.15 bits per heavy atom. The zero-order valence-corrected chi connectivity index (χ0v) is 12.3. The van der Waals surface area contributed by atoms with E-state index in [9.17, 15) is 4.79 Å². The monoisotopic (exact) mass is 275 g/mol. The van der Waals surface area contributed by atoms with Crippen molar-refractivity contribution in [2.24, 2.45) is 0 Å². The molecule has 0 amide bonds. The number of hydrogen-bond acceptors (Lipinski definition) is 4. The highest BCUT2D eigenvalue weighted by atomic mass is 16.5. The predicted octanol–water partition coefficient (Wildman–Crippen LogP) is 2.03. The SMILES string of the molecule is CCOC(=O)CN(CC)Cc1cn2cc(C)ccc2n1. The van der Waals surface area contributed by atoms with Gasteiger partial charge < -0.3 is 9.14 Å². The molecule has 2 aromatic rings. The van der Waals surface area contributed by atoms with Crippen molar-refractivity contribution in [3.8, 4) is 0 Å². The number of ether oxygens (including phenoxy) is 1. The minimum absolute atomic E-state index is 0.186. The largest absolute Gasteiger partial charge is 0.465 e. The van der Waals surface area contributed by atoms with Crippen molar-refractivity contribution < 1.29 is 9.53 Å². The Balaban J connectivity index is 2.07. The summed E-state index contributed by atoms with van der Waals surface area (Å²) in [6.07, 6.45) is 4.06. The number of esters is 1. The summed E-state index contributed by atoms with van der Waals surface area (Å²) in [6, 6.07) is 4.04. The molecule has 2 rings (SSSR count).